The Morgan fingerprint density at radius 1 is 1.19 bits per heavy atom. The van der Waals surface area contributed by atoms with Crippen molar-refractivity contribution >= 4 is 33.9 Å². The van der Waals surface area contributed by atoms with Crippen molar-refractivity contribution < 1.29 is 0 Å². The van der Waals surface area contributed by atoms with Gasteiger partial charge in [-0.15, -0.1) is 0 Å². The first-order chi connectivity index (χ1) is 10.1. The molecule has 0 radical (unpaired) electrons. The van der Waals surface area contributed by atoms with Crippen LogP contribution in [-0.4, -0.2) is 19.9 Å². The number of H-pyrrole nitrogens is 1. The summed E-state index contributed by atoms with van der Waals surface area (Å²) >= 11 is 5.42. The predicted octanol–water partition coefficient (Wildman–Crippen LogP) is 3.66. The maximum Gasteiger partial charge on any atom is 0.157 e. The van der Waals surface area contributed by atoms with Crippen molar-refractivity contribution in [1.29, 1.82) is 0 Å². The van der Waals surface area contributed by atoms with Crippen molar-refractivity contribution in [3.8, 4) is 11.5 Å². The van der Waals surface area contributed by atoms with E-state index in [0.717, 1.165) is 33.2 Å². The molecule has 3 aromatic rings. The molecular weight excluding hydrogens is 280 g/mol. The molecule has 104 valence electrons. The van der Waals surface area contributed by atoms with Crippen LogP contribution in [0.25, 0.3) is 22.6 Å². The SMILES string of the molecule is CC1(C)C(=S)Nc2cc3nc(-c4ccccn4)[nH]c3cc21. The van der Waals surface area contributed by atoms with Crippen LogP contribution in [-0.2, 0) is 5.41 Å². The van der Waals surface area contributed by atoms with Crippen LogP contribution in [0.2, 0.25) is 0 Å². The number of nitrogens with zero attached hydrogens (tertiary/aromatic N) is 2. The topological polar surface area (TPSA) is 53.6 Å². The zero-order chi connectivity index (χ0) is 14.6. The van der Waals surface area contributed by atoms with Gasteiger partial charge >= 0.3 is 0 Å². The van der Waals surface area contributed by atoms with Crippen LogP contribution in [0.3, 0.4) is 0 Å². The van der Waals surface area contributed by atoms with Crippen molar-refractivity contribution in [1.82, 2.24) is 15.0 Å². The molecule has 21 heavy (non-hydrogen) atoms. The molecule has 0 aliphatic carbocycles. The number of anilines is 1. The number of aromatic nitrogens is 3. The Morgan fingerprint density at radius 2 is 2.05 bits per heavy atom. The minimum absolute atomic E-state index is 0.144. The zero-order valence-electron chi connectivity index (χ0n) is 11.8. The van der Waals surface area contributed by atoms with Gasteiger partial charge in [-0.1, -0.05) is 18.3 Å². The fourth-order valence-electron chi connectivity index (χ4n) is 2.70. The van der Waals surface area contributed by atoms with Gasteiger partial charge in [0, 0.05) is 17.3 Å². The van der Waals surface area contributed by atoms with E-state index in [1.807, 2.05) is 18.2 Å². The van der Waals surface area contributed by atoms with Gasteiger partial charge in [-0.25, -0.2) is 4.98 Å². The highest BCUT2D eigenvalue weighted by atomic mass is 32.1. The highest BCUT2D eigenvalue weighted by Gasteiger charge is 2.35. The van der Waals surface area contributed by atoms with Crippen LogP contribution >= 0.6 is 12.2 Å². The molecule has 0 saturated carbocycles. The van der Waals surface area contributed by atoms with E-state index in [4.69, 9.17) is 12.2 Å². The Balaban J connectivity index is 1.90. The molecule has 2 N–H and O–H groups in total. The quantitative estimate of drug-likeness (QED) is 0.673. The smallest absolute Gasteiger partial charge is 0.157 e. The molecule has 2 aromatic heterocycles. The summed E-state index contributed by atoms with van der Waals surface area (Å²) in [5.74, 6) is 0.787. The summed E-state index contributed by atoms with van der Waals surface area (Å²) in [5.41, 5.74) is 4.88. The third kappa shape index (κ3) is 1.77. The van der Waals surface area contributed by atoms with E-state index in [0.29, 0.717) is 0 Å². The molecule has 1 aromatic carbocycles. The second kappa shape index (κ2) is 4.11. The number of imidazole rings is 1. The first-order valence-electron chi connectivity index (χ1n) is 6.83. The van der Waals surface area contributed by atoms with E-state index in [1.54, 1.807) is 6.20 Å². The Bertz CT molecular complexity index is 865. The average molecular weight is 294 g/mol. The van der Waals surface area contributed by atoms with Crippen LogP contribution in [0.4, 0.5) is 5.69 Å². The lowest BCUT2D eigenvalue weighted by atomic mass is 9.86. The van der Waals surface area contributed by atoms with Crippen molar-refractivity contribution in [2.45, 2.75) is 19.3 Å². The third-order valence-corrected chi connectivity index (χ3v) is 4.63. The lowest BCUT2D eigenvalue weighted by Gasteiger charge is -2.17. The monoisotopic (exact) mass is 294 g/mol. The molecule has 0 spiro atoms. The summed E-state index contributed by atoms with van der Waals surface area (Å²) in [6.07, 6.45) is 1.77. The minimum Gasteiger partial charge on any atom is -0.349 e. The van der Waals surface area contributed by atoms with Gasteiger partial charge in [-0.2, -0.15) is 0 Å². The van der Waals surface area contributed by atoms with Gasteiger partial charge in [0.1, 0.15) is 5.69 Å². The molecule has 0 fully saturated rings. The molecule has 1 aliphatic heterocycles. The Hall–Kier alpha value is -2.27. The molecular formula is C16H14N4S. The fraction of sp³-hybridized carbons (Fsp3) is 0.188. The molecule has 0 unspecified atom stereocenters. The molecule has 4 nitrogen and oxygen atoms in total. The standard InChI is InChI=1S/C16H14N4S/c1-16(2)9-7-12-13(8-11(9)20-15(16)21)19-14(18-12)10-5-3-4-6-17-10/h3-8H,1-2H3,(H,18,19)(H,20,21). The summed E-state index contributed by atoms with van der Waals surface area (Å²) in [6.45, 7) is 4.27. The fourth-order valence-corrected chi connectivity index (χ4v) is 2.92. The summed E-state index contributed by atoms with van der Waals surface area (Å²) in [6, 6.07) is 9.99. The lowest BCUT2D eigenvalue weighted by molar-refractivity contribution is 0.748. The highest BCUT2D eigenvalue weighted by Crippen LogP contribution is 2.40. The number of rotatable bonds is 1. The van der Waals surface area contributed by atoms with Gasteiger partial charge in [0.2, 0.25) is 0 Å². The van der Waals surface area contributed by atoms with E-state index in [-0.39, 0.29) is 5.41 Å². The Morgan fingerprint density at radius 3 is 2.81 bits per heavy atom. The molecule has 0 atom stereocenters. The Labute approximate surface area is 127 Å². The molecule has 5 heteroatoms. The average Bonchev–Trinajstić information content (AvgIpc) is 2.98. The first kappa shape index (κ1) is 12.5. The van der Waals surface area contributed by atoms with Crippen molar-refractivity contribution in [3.05, 3.63) is 42.1 Å². The third-order valence-electron chi connectivity index (χ3n) is 4.02. The highest BCUT2D eigenvalue weighted by molar-refractivity contribution is 7.80. The van der Waals surface area contributed by atoms with E-state index in [9.17, 15) is 0 Å². The van der Waals surface area contributed by atoms with Gasteiger partial charge in [0.25, 0.3) is 0 Å². The maximum atomic E-state index is 5.42. The first-order valence-corrected chi connectivity index (χ1v) is 7.23. The molecule has 0 bridgehead atoms. The lowest BCUT2D eigenvalue weighted by Crippen LogP contribution is -2.25. The van der Waals surface area contributed by atoms with Crippen molar-refractivity contribution in [3.63, 3.8) is 0 Å². The summed E-state index contributed by atoms with van der Waals surface area (Å²) < 4.78 is 0. The summed E-state index contributed by atoms with van der Waals surface area (Å²) in [7, 11) is 0. The number of benzene rings is 1. The number of hydrogen-bond acceptors (Lipinski definition) is 3. The van der Waals surface area contributed by atoms with E-state index >= 15 is 0 Å². The van der Waals surface area contributed by atoms with Gasteiger partial charge < -0.3 is 10.3 Å². The molecule has 3 heterocycles. The number of hydrogen-bond donors (Lipinski definition) is 2. The molecule has 4 rings (SSSR count). The zero-order valence-corrected chi connectivity index (χ0v) is 12.6. The van der Waals surface area contributed by atoms with Crippen LogP contribution in [0.15, 0.2) is 36.5 Å². The van der Waals surface area contributed by atoms with Crippen LogP contribution in [0.5, 0.6) is 0 Å². The largest absolute Gasteiger partial charge is 0.349 e. The predicted molar refractivity (Wildman–Crippen MR) is 88.6 cm³/mol. The Kier molecular flexibility index (Phi) is 2.44. The van der Waals surface area contributed by atoms with E-state index in [1.165, 1.54) is 5.56 Å². The van der Waals surface area contributed by atoms with Gasteiger partial charge in [-0.3, -0.25) is 4.98 Å². The second-order valence-corrected chi connectivity index (χ2v) is 6.20. The van der Waals surface area contributed by atoms with Gasteiger partial charge in [0.05, 0.1) is 16.0 Å². The molecule has 1 aliphatic rings. The van der Waals surface area contributed by atoms with Crippen LogP contribution < -0.4 is 5.32 Å². The van der Waals surface area contributed by atoms with Crippen LogP contribution in [0, 0.1) is 0 Å². The second-order valence-electron chi connectivity index (χ2n) is 5.79. The number of fused-ring (bicyclic) bond motifs is 2. The summed E-state index contributed by atoms with van der Waals surface area (Å²) in [4.78, 5) is 13.2. The molecule has 0 saturated heterocycles. The van der Waals surface area contributed by atoms with E-state index < -0.39 is 0 Å². The maximum absolute atomic E-state index is 5.42. The number of nitrogens with one attached hydrogen (secondary N) is 2. The summed E-state index contributed by atoms with van der Waals surface area (Å²) in [5, 5.41) is 3.29. The minimum atomic E-state index is -0.144. The van der Waals surface area contributed by atoms with Gasteiger partial charge in [0.15, 0.2) is 5.82 Å². The number of aromatic amines is 1. The number of thiocarbonyl (C=S) groups is 1. The van der Waals surface area contributed by atoms with E-state index in [2.05, 4.69) is 46.2 Å². The normalized spacial score (nSPS) is 16.0. The van der Waals surface area contributed by atoms with Crippen LogP contribution in [0.1, 0.15) is 19.4 Å². The van der Waals surface area contributed by atoms with Crippen molar-refractivity contribution in [2.75, 3.05) is 5.32 Å². The van der Waals surface area contributed by atoms with Gasteiger partial charge in [-0.05, 0) is 43.7 Å². The number of pyridine rings is 1. The van der Waals surface area contributed by atoms with Crippen molar-refractivity contribution in [2.24, 2.45) is 0 Å². The molecule has 0 amide bonds.